The maximum Gasteiger partial charge on any atom is 0.177 e. The summed E-state index contributed by atoms with van der Waals surface area (Å²) in [4.78, 5) is 2.98. The lowest BCUT2D eigenvalue weighted by Crippen LogP contribution is -1.90. The van der Waals surface area contributed by atoms with Crippen LogP contribution in [0.2, 0.25) is 0 Å². The minimum Gasteiger partial charge on any atom is -0.337 e. The summed E-state index contributed by atoms with van der Waals surface area (Å²) in [6, 6.07) is 9.51. The predicted octanol–water partition coefficient (Wildman–Crippen LogP) is 2.62. The molecule has 1 aromatic carbocycles. The van der Waals surface area contributed by atoms with Gasteiger partial charge in [0.15, 0.2) is 4.77 Å². The van der Waals surface area contributed by atoms with Crippen LogP contribution in [0.5, 0.6) is 0 Å². The van der Waals surface area contributed by atoms with Crippen LogP contribution in [0.1, 0.15) is 5.56 Å². The van der Waals surface area contributed by atoms with Crippen molar-refractivity contribution in [1.82, 2.24) is 9.55 Å². The summed E-state index contributed by atoms with van der Waals surface area (Å²) in [7, 11) is 1.91. The maximum atomic E-state index is 8.68. The van der Waals surface area contributed by atoms with Gasteiger partial charge >= 0.3 is 0 Å². The van der Waals surface area contributed by atoms with Crippen LogP contribution in [0.3, 0.4) is 0 Å². The van der Waals surface area contributed by atoms with Crippen LogP contribution in [0, 0.1) is 16.1 Å². The van der Waals surface area contributed by atoms with E-state index < -0.39 is 0 Å². The predicted molar refractivity (Wildman–Crippen MR) is 60.7 cm³/mol. The van der Waals surface area contributed by atoms with Crippen molar-refractivity contribution < 1.29 is 0 Å². The zero-order valence-corrected chi connectivity index (χ0v) is 9.01. The molecule has 0 atom stereocenters. The third-order valence-electron chi connectivity index (χ3n) is 2.31. The highest BCUT2D eigenvalue weighted by Gasteiger charge is 2.02. The van der Waals surface area contributed by atoms with E-state index in [2.05, 4.69) is 11.1 Å². The number of benzene rings is 1. The van der Waals surface area contributed by atoms with Gasteiger partial charge < -0.3 is 9.55 Å². The van der Waals surface area contributed by atoms with Gasteiger partial charge in [0.1, 0.15) is 0 Å². The normalized spacial score (nSPS) is 9.87. The van der Waals surface area contributed by atoms with Gasteiger partial charge in [-0.25, -0.2) is 0 Å². The minimum atomic E-state index is 0.663. The topological polar surface area (TPSA) is 44.5 Å². The van der Waals surface area contributed by atoms with Gasteiger partial charge in [-0.1, -0.05) is 12.1 Å². The summed E-state index contributed by atoms with van der Waals surface area (Å²) >= 11 is 5.08. The van der Waals surface area contributed by atoms with Crippen molar-refractivity contribution in [2.75, 3.05) is 0 Å². The van der Waals surface area contributed by atoms with Gasteiger partial charge in [-0.3, -0.25) is 0 Å². The van der Waals surface area contributed by atoms with Crippen LogP contribution in [0.15, 0.2) is 30.5 Å². The first-order chi connectivity index (χ1) is 7.22. The molecule has 0 fully saturated rings. The van der Waals surface area contributed by atoms with Crippen molar-refractivity contribution in [2.24, 2.45) is 7.05 Å². The molecular weight excluding hydrogens is 206 g/mol. The third kappa shape index (κ3) is 1.69. The Hall–Kier alpha value is -1.86. The Morgan fingerprint density at radius 3 is 2.47 bits per heavy atom. The highest BCUT2D eigenvalue weighted by molar-refractivity contribution is 7.71. The highest BCUT2D eigenvalue weighted by Crippen LogP contribution is 2.18. The molecule has 0 aliphatic heterocycles. The number of aromatic amines is 1. The minimum absolute atomic E-state index is 0.663. The van der Waals surface area contributed by atoms with Crippen LogP contribution in [-0.2, 0) is 7.05 Å². The zero-order chi connectivity index (χ0) is 10.8. The first-order valence-corrected chi connectivity index (χ1v) is 4.88. The SMILES string of the molecule is Cn1c(-c2ccc(C#N)cc2)c[nH]c1=S. The number of H-pyrrole nitrogens is 1. The Labute approximate surface area is 92.6 Å². The number of aromatic nitrogens is 2. The number of nitrogens with zero attached hydrogens (tertiary/aromatic N) is 2. The fourth-order valence-electron chi connectivity index (χ4n) is 1.43. The van der Waals surface area contributed by atoms with Crippen molar-refractivity contribution in [3.05, 3.63) is 40.8 Å². The molecule has 0 aliphatic carbocycles. The Bertz CT molecular complexity index is 569. The van der Waals surface area contributed by atoms with Gasteiger partial charge in [-0.2, -0.15) is 5.26 Å². The van der Waals surface area contributed by atoms with E-state index in [-0.39, 0.29) is 0 Å². The molecule has 1 heterocycles. The first-order valence-electron chi connectivity index (χ1n) is 4.47. The van der Waals surface area contributed by atoms with E-state index >= 15 is 0 Å². The first kappa shape index (κ1) is 9.69. The van der Waals surface area contributed by atoms with E-state index in [4.69, 9.17) is 17.5 Å². The lowest BCUT2D eigenvalue weighted by Gasteiger charge is -2.01. The maximum absolute atomic E-state index is 8.68. The molecule has 1 aromatic heterocycles. The molecule has 0 saturated carbocycles. The van der Waals surface area contributed by atoms with Gasteiger partial charge in [0.05, 0.1) is 17.3 Å². The average Bonchev–Trinajstić information content (AvgIpc) is 2.60. The number of nitrogens with one attached hydrogen (secondary N) is 1. The molecule has 2 rings (SSSR count). The van der Waals surface area contributed by atoms with Crippen molar-refractivity contribution in [2.45, 2.75) is 0 Å². The molecule has 0 radical (unpaired) electrons. The molecule has 1 N–H and O–H groups in total. The average molecular weight is 215 g/mol. The molecule has 4 heteroatoms. The largest absolute Gasteiger partial charge is 0.337 e. The number of hydrogen-bond acceptors (Lipinski definition) is 2. The summed E-state index contributed by atoms with van der Waals surface area (Å²) in [5, 5.41) is 8.68. The summed E-state index contributed by atoms with van der Waals surface area (Å²) in [6.07, 6.45) is 1.86. The monoisotopic (exact) mass is 215 g/mol. The molecule has 2 aromatic rings. The van der Waals surface area contributed by atoms with E-state index in [1.54, 1.807) is 12.1 Å². The van der Waals surface area contributed by atoms with Crippen molar-refractivity contribution >= 4 is 12.2 Å². The van der Waals surface area contributed by atoms with Crippen LogP contribution in [0.25, 0.3) is 11.3 Å². The van der Waals surface area contributed by atoms with Crippen LogP contribution >= 0.6 is 12.2 Å². The molecule has 15 heavy (non-hydrogen) atoms. The molecule has 0 bridgehead atoms. The molecular formula is C11H9N3S. The molecule has 0 aliphatic rings. The lowest BCUT2D eigenvalue weighted by molar-refractivity contribution is 0.902. The van der Waals surface area contributed by atoms with Crippen molar-refractivity contribution in [3.63, 3.8) is 0 Å². The molecule has 0 saturated heterocycles. The molecule has 0 spiro atoms. The van der Waals surface area contributed by atoms with E-state index in [1.165, 1.54) is 0 Å². The van der Waals surface area contributed by atoms with Gasteiger partial charge in [0, 0.05) is 13.2 Å². The molecule has 0 unspecified atom stereocenters. The Morgan fingerprint density at radius 2 is 2.00 bits per heavy atom. The standard InChI is InChI=1S/C11H9N3S/c1-14-10(7-13-11(14)15)9-4-2-8(6-12)3-5-9/h2-5,7H,1H3,(H,13,15). The summed E-state index contributed by atoms with van der Waals surface area (Å²) in [6.45, 7) is 0. The van der Waals surface area contributed by atoms with E-state index in [9.17, 15) is 0 Å². The lowest BCUT2D eigenvalue weighted by atomic mass is 10.1. The smallest absolute Gasteiger partial charge is 0.177 e. The van der Waals surface area contributed by atoms with Crippen molar-refractivity contribution in [1.29, 1.82) is 5.26 Å². The number of rotatable bonds is 1. The van der Waals surface area contributed by atoms with Crippen LogP contribution < -0.4 is 0 Å². The second-order valence-corrected chi connectivity index (χ2v) is 3.61. The number of nitriles is 1. The Kier molecular flexibility index (Phi) is 2.40. The number of imidazole rings is 1. The quantitative estimate of drug-likeness (QED) is 0.743. The van der Waals surface area contributed by atoms with Crippen LogP contribution in [0.4, 0.5) is 0 Å². The van der Waals surface area contributed by atoms with Gasteiger partial charge in [0.25, 0.3) is 0 Å². The summed E-state index contributed by atoms with van der Waals surface area (Å²) < 4.78 is 2.59. The Morgan fingerprint density at radius 1 is 1.33 bits per heavy atom. The van der Waals surface area contributed by atoms with Gasteiger partial charge in [-0.05, 0) is 29.9 Å². The third-order valence-corrected chi connectivity index (χ3v) is 2.70. The molecule has 74 valence electrons. The zero-order valence-electron chi connectivity index (χ0n) is 8.19. The van der Waals surface area contributed by atoms with Crippen LogP contribution in [-0.4, -0.2) is 9.55 Å². The molecule has 3 nitrogen and oxygen atoms in total. The van der Waals surface area contributed by atoms with Gasteiger partial charge in [-0.15, -0.1) is 0 Å². The van der Waals surface area contributed by atoms with Crippen molar-refractivity contribution in [3.8, 4) is 17.3 Å². The van der Waals surface area contributed by atoms with Gasteiger partial charge in [0.2, 0.25) is 0 Å². The second-order valence-electron chi connectivity index (χ2n) is 3.23. The molecule has 0 amide bonds. The second kappa shape index (κ2) is 3.71. The number of hydrogen-bond donors (Lipinski definition) is 1. The summed E-state index contributed by atoms with van der Waals surface area (Å²) in [5.41, 5.74) is 2.73. The Balaban J connectivity index is 2.51. The fraction of sp³-hybridized carbons (Fsp3) is 0.0909. The fourth-order valence-corrected chi connectivity index (χ4v) is 1.58. The summed E-state index contributed by atoms with van der Waals surface area (Å²) in [5.74, 6) is 0. The van der Waals surface area contributed by atoms with E-state index in [1.807, 2.05) is 29.9 Å². The van der Waals surface area contributed by atoms with E-state index in [0.717, 1.165) is 11.3 Å². The highest BCUT2D eigenvalue weighted by atomic mass is 32.1. The van der Waals surface area contributed by atoms with E-state index in [0.29, 0.717) is 10.3 Å².